The van der Waals surface area contributed by atoms with E-state index in [1.54, 1.807) is 0 Å². The second kappa shape index (κ2) is 9.35. The van der Waals surface area contributed by atoms with Gasteiger partial charge in [-0.3, -0.25) is 0 Å². The van der Waals surface area contributed by atoms with E-state index in [9.17, 15) is 0 Å². The second-order valence-electron chi connectivity index (χ2n) is 4.52. The van der Waals surface area contributed by atoms with Crippen molar-refractivity contribution in [1.29, 1.82) is 0 Å². The quantitative estimate of drug-likeness (QED) is 0.548. The Kier molecular flexibility index (Phi) is 9.53. The van der Waals surface area contributed by atoms with Crippen LogP contribution >= 0.6 is 7.92 Å². The highest BCUT2D eigenvalue weighted by molar-refractivity contribution is 7.59. The van der Waals surface area contributed by atoms with E-state index in [1.165, 1.54) is 0 Å². The minimum Gasteiger partial charge on any atom is -0.324 e. The van der Waals surface area contributed by atoms with Crippen LogP contribution in [0.1, 0.15) is 59.3 Å². The molecule has 0 bridgehead atoms. The van der Waals surface area contributed by atoms with Crippen LogP contribution in [0.2, 0.25) is 0 Å². The molecule has 0 saturated heterocycles. The minimum absolute atomic E-state index is 0.225. The van der Waals surface area contributed by atoms with Crippen LogP contribution in [0.15, 0.2) is 0 Å². The summed E-state index contributed by atoms with van der Waals surface area (Å²) in [4.78, 5) is 0. The first-order valence-corrected chi connectivity index (χ1v) is 8.17. The molecule has 16 heavy (non-hydrogen) atoms. The summed E-state index contributed by atoms with van der Waals surface area (Å²) < 4.78 is 0. The van der Waals surface area contributed by atoms with E-state index < -0.39 is 7.92 Å². The number of nitrogens with two attached hydrogens (primary N) is 3. The Morgan fingerprint density at radius 3 is 1.12 bits per heavy atom. The van der Waals surface area contributed by atoms with Crippen LogP contribution in [0.4, 0.5) is 0 Å². The normalized spacial score (nSPS) is 19.1. The van der Waals surface area contributed by atoms with Crippen molar-refractivity contribution < 1.29 is 0 Å². The molecule has 98 valence electrons. The summed E-state index contributed by atoms with van der Waals surface area (Å²) >= 11 is 0. The Balaban J connectivity index is 4.47. The summed E-state index contributed by atoms with van der Waals surface area (Å²) in [5, 5.41) is 0. The van der Waals surface area contributed by atoms with E-state index in [4.69, 9.17) is 17.2 Å². The Morgan fingerprint density at radius 1 is 0.688 bits per heavy atom. The lowest BCUT2D eigenvalue weighted by Gasteiger charge is -2.34. The largest absolute Gasteiger partial charge is 0.324 e. The standard InChI is InChI=1S/C12H30N3P/c1-4-7-10(13)16(11(14)8-5-2)12(15)9-6-3/h10-12H,4-9,13-15H2,1-3H3. The van der Waals surface area contributed by atoms with Crippen molar-refractivity contribution in [2.45, 2.75) is 76.6 Å². The van der Waals surface area contributed by atoms with Crippen LogP contribution in [-0.4, -0.2) is 17.3 Å². The van der Waals surface area contributed by atoms with Crippen LogP contribution in [-0.2, 0) is 0 Å². The third-order valence-corrected chi connectivity index (χ3v) is 5.97. The van der Waals surface area contributed by atoms with E-state index in [1.807, 2.05) is 0 Å². The molecule has 0 aliphatic rings. The monoisotopic (exact) mass is 247 g/mol. The zero-order valence-electron chi connectivity index (χ0n) is 11.2. The topological polar surface area (TPSA) is 78.1 Å². The molecule has 3 atom stereocenters. The average Bonchev–Trinajstić information content (AvgIpc) is 2.19. The van der Waals surface area contributed by atoms with Crippen molar-refractivity contribution >= 4 is 7.92 Å². The lowest BCUT2D eigenvalue weighted by Crippen LogP contribution is -2.37. The van der Waals surface area contributed by atoms with Gasteiger partial charge in [0.2, 0.25) is 0 Å². The van der Waals surface area contributed by atoms with Crippen LogP contribution in [0.5, 0.6) is 0 Å². The predicted molar refractivity (Wildman–Crippen MR) is 75.6 cm³/mol. The second-order valence-corrected chi connectivity index (χ2v) is 7.40. The van der Waals surface area contributed by atoms with Gasteiger partial charge in [-0.15, -0.1) is 0 Å². The third-order valence-electron chi connectivity index (χ3n) is 2.90. The minimum atomic E-state index is -0.429. The van der Waals surface area contributed by atoms with Crippen molar-refractivity contribution in [3.8, 4) is 0 Å². The number of rotatable bonds is 9. The highest BCUT2D eigenvalue weighted by Crippen LogP contribution is 2.49. The lowest BCUT2D eigenvalue weighted by molar-refractivity contribution is 0.673. The Bertz CT molecular complexity index is 138. The van der Waals surface area contributed by atoms with Crippen LogP contribution in [0, 0.1) is 0 Å². The summed E-state index contributed by atoms with van der Waals surface area (Å²) in [5.41, 5.74) is 18.8. The maximum absolute atomic E-state index is 6.26. The fraction of sp³-hybridized carbons (Fsp3) is 1.00. The Morgan fingerprint density at radius 2 is 0.938 bits per heavy atom. The summed E-state index contributed by atoms with van der Waals surface area (Å²) in [6.45, 7) is 6.51. The van der Waals surface area contributed by atoms with E-state index in [0.717, 1.165) is 38.5 Å². The average molecular weight is 247 g/mol. The van der Waals surface area contributed by atoms with Gasteiger partial charge in [-0.05, 0) is 19.3 Å². The van der Waals surface area contributed by atoms with Crippen LogP contribution < -0.4 is 17.2 Å². The molecule has 0 radical (unpaired) electrons. The van der Waals surface area contributed by atoms with Crippen molar-refractivity contribution in [3.63, 3.8) is 0 Å². The smallest absolute Gasteiger partial charge is 0.0271 e. The van der Waals surface area contributed by atoms with Gasteiger partial charge in [-0.1, -0.05) is 48.0 Å². The van der Waals surface area contributed by atoms with Crippen LogP contribution in [0.25, 0.3) is 0 Å². The first-order chi connectivity index (χ1) is 7.58. The van der Waals surface area contributed by atoms with Crippen molar-refractivity contribution in [2.24, 2.45) is 17.2 Å². The molecule has 0 aromatic heterocycles. The molecule has 6 N–H and O–H groups in total. The SMILES string of the molecule is CCCC(N)P(C(N)CCC)C(N)CCC. The molecule has 0 rings (SSSR count). The molecule has 4 heteroatoms. The number of hydrogen-bond acceptors (Lipinski definition) is 3. The van der Waals surface area contributed by atoms with Gasteiger partial charge in [0.05, 0.1) is 0 Å². The molecular weight excluding hydrogens is 217 g/mol. The molecule has 0 aromatic rings. The zero-order valence-corrected chi connectivity index (χ0v) is 12.0. The maximum atomic E-state index is 6.26. The summed E-state index contributed by atoms with van der Waals surface area (Å²) in [6, 6.07) is 0. The highest BCUT2D eigenvalue weighted by atomic mass is 31.1. The van der Waals surface area contributed by atoms with Crippen molar-refractivity contribution in [3.05, 3.63) is 0 Å². The number of hydrogen-bond donors (Lipinski definition) is 3. The molecule has 0 aliphatic heterocycles. The molecule has 0 amide bonds. The summed E-state index contributed by atoms with van der Waals surface area (Å²) in [5.74, 6) is 0.675. The molecule has 0 spiro atoms. The molecule has 0 aliphatic carbocycles. The van der Waals surface area contributed by atoms with E-state index in [2.05, 4.69) is 20.8 Å². The van der Waals surface area contributed by atoms with E-state index in [0.29, 0.717) is 0 Å². The summed E-state index contributed by atoms with van der Waals surface area (Å²) in [7, 11) is -0.429. The molecule has 3 nitrogen and oxygen atoms in total. The van der Waals surface area contributed by atoms with Gasteiger partial charge in [-0.2, -0.15) is 0 Å². The lowest BCUT2D eigenvalue weighted by atomic mass is 10.3. The van der Waals surface area contributed by atoms with Gasteiger partial charge < -0.3 is 17.2 Å². The molecule has 0 heterocycles. The highest BCUT2D eigenvalue weighted by Gasteiger charge is 2.28. The Hall–Kier alpha value is 0.310. The first kappa shape index (κ1) is 16.3. The fourth-order valence-electron chi connectivity index (χ4n) is 2.07. The fourth-order valence-corrected chi connectivity index (χ4v) is 5.22. The van der Waals surface area contributed by atoms with Gasteiger partial charge in [0.15, 0.2) is 0 Å². The zero-order chi connectivity index (χ0) is 12.6. The maximum Gasteiger partial charge on any atom is 0.0271 e. The van der Waals surface area contributed by atoms with Crippen molar-refractivity contribution in [2.75, 3.05) is 0 Å². The molecular formula is C12H30N3P. The third kappa shape index (κ3) is 5.58. The van der Waals surface area contributed by atoms with E-state index >= 15 is 0 Å². The van der Waals surface area contributed by atoms with Gasteiger partial charge in [-0.25, -0.2) is 0 Å². The molecule has 0 saturated carbocycles. The van der Waals surface area contributed by atoms with E-state index in [-0.39, 0.29) is 17.3 Å². The Labute approximate surface area is 102 Å². The molecule has 0 aromatic carbocycles. The van der Waals surface area contributed by atoms with Gasteiger partial charge in [0, 0.05) is 17.3 Å². The summed E-state index contributed by atoms with van der Waals surface area (Å²) in [6.07, 6.45) is 6.54. The van der Waals surface area contributed by atoms with Crippen molar-refractivity contribution in [1.82, 2.24) is 0 Å². The molecule has 3 unspecified atom stereocenters. The van der Waals surface area contributed by atoms with Gasteiger partial charge in [0.25, 0.3) is 0 Å². The van der Waals surface area contributed by atoms with Gasteiger partial charge in [0.1, 0.15) is 0 Å². The predicted octanol–water partition coefficient (Wildman–Crippen LogP) is 2.72. The van der Waals surface area contributed by atoms with Gasteiger partial charge >= 0.3 is 0 Å². The van der Waals surface area contributed by atoms with Crippen LogP contribution in [0.3, 0.4) is 0 Å². The molecule has 0 fully saturated rings. The first-order valence-electron chi connectivity index (χ1n) is 6.62.